The van der Waals surface area contributed by atoms with Crippen LogP contribution >= 0.6 is 0 Å². The summed E-state index contributed by atoms with van der Waals surface area (Å²) in [7, 11) is 0. The van der Waals surface area contributed by atoms with Gasteiger partial charge in [0, 0.05) is 12.6 Å². The van der Waals surface area contributed by atoms with Gasteiger partial charge in [-0.2, -0.15) is 0 Å². The van der Waals surface area contributed by atoms with Crippen molar-refractivity contribution in [2.24, 2.45) is 11.3 Å². The summed E-state index contributed by atoms with van der Waals surface area (Å²) in [5.74, 6) is -0.247. The molecular formula is C13H24N2O3. The van der Waals surface area contributed by atoms with Gasteiger partial charge in [0.2, 0.25) is 0 Å². The lowest BCUT2D eigenvalue weighted by Gasteiger charge is -2.26. The number of amides is 2. The number of urea groups is 1. The second-order valence-corrected chi connectivity index (χ2v) is 5.13. The Balaban J connectivity index is 2.38. The largest absolute Gasteiger partial charge is 0.481 e. The molecule has 1 fully saturated rings. The molecule has 0 aliphatic heterocycles. The maximum atomic E-state index is 11.6. The number of carbonyl (C=O) groups excluding carboxylic acids is 1. The molecule has 2 atom stereocenters. The predicted octanol–water partition coefficient (Wildman–Crippen LogP) is 1.98. The molecule has 0 aromatic rings. The third-order valence-electron chi connectivity index (χ3n) is 4.16. The lowest BCUT2D eigenvalue weighted by atomic mass is 9.82. The molecule has 0 spiro atoms. The topological polar surface area (TPSA) is 78.4 Å². The Kier molecular flexibility index (Phi) is 4.99. The van der Waals surface area contributed by atoms with Gasteiger partial charge < -0.3 is 15.7 Å². The van der Waals surface area contributed by atoms with Gasteiger partial charge in [-0.1, -0.05) is 27.2 Å². The summed E-state index contributed by atoms with van der Waals surface area (Å²) in [6, 6.07) is 0.0287. The molecular weight excluding hydrogens is 232 g/mol. The van der Waals surface area contributed by atoms with Crippen molar-refractivity contribution in [3.8, 4) is 0 Å². The molecule has 104 valence electrons. The van der Waals surface area contributed by atoms with Crippen LogP contribution in [0.1, 0.15) is 46.5 Å². The van der Waals surface area contributed by atoms with E-state index in [1.54, 1.807) is 0 Å². The molecule has 0 aromatic heterocycles. The molecule has 2 unspecified atom stereocenters. The van der Waals surface area contributed by atoms with Crippen molar-refractivity contribution < 1.29 is 14.7 Å². The van der Waals surface area contributed by atoms with Crippen molar-refractivity contribution >= 4 is 12.0 Å². The van der Waals surface area contributed by atoms with Crippen LogP contribution in [0.5, 0.6) is 0 Å². The van der Waals surface area contributed by atoms with Gasteiger partial charge in [-0.15, -0.1) is 0 Å². The number of nitrogens with one attached hydrogen (secondary N) is 2. The molecule has 5 nitrogen and oxygen atoms in total. The molecule has 0 heterocycles. The van der Waals surface area contributed by atoms with Crippen LogP contribution in [-0.4, -0.2) is 29.7 Å². The molecule has 0 bridgehead atoms. The van der Waals surface area contributed by atoms with E-state index in [1.807, 2.05) is 13.8 Å². The molecule has 1 rings (SSSR count). The number of carbonyl (C=O) groups is 2. The van der Waals surface area contributed by atoms with E-state index in [0.29, 0.717) is 18.8 Å². The van der Waals surface area contributed by atoms with Gasteiger partial charge in [-0.05, 0) is 25.2 Å². The van der Waals surface area contributed by atoms with E-state index in [2.05, 4.69) is 17.6 Å². The zero-order valence-electron chi connectivity index (χ0n) is 11.5. The van der Waals surface area contributed by atoms with E-state index in [1.165, 1.54) is 0 Å². The maximum absolute atomic E-state index is 11.6. The first-order chi connectivity index (χ1) is 8.49. The van der Waals surface area contributed by atoms with Crippen molar-refractivity contribution in [3.05, 3.63) is 0 Å². The number of hydrogen-bond donors (Lipinski definition) is 3. The van der Waals surface area contributed by atoms with Crippen LogP contribution in [0.2, 0.25) is 0 Å². The molecule has 1 saturated carbocycles. The Morgan fingerprint density at radius 1 is 1.28 bits per heavy atom. The second kappa shape index (κ2) is 6.07. The minimum absolute atomic E-state index is 0.185. The third-order valence-corrected chi connectivity index (χ3v) is 4.16. The molecule has 0 saturated heterocycles. The van der Waals surface area contributed by atoms with Crippen LogP contribution in [0.4, 0.5) is 4.79 Å². The Labute approximate surface area is 108 Å². The third kappa shape index (κ3) is 3.37. The normalized spacial score (nSPS) is 22.4. The van der Waals surface area contributed by atoms with E-state index in [-0.39, 0.29) is 18.6 Å². The van der Waals surface area contributed by atoms with Crippen LogP contribution < -0.4 is 10.6 Å². The summed E-state index contributed by atoms with van der Waals surface area (Å²) in [6.07, 6.45) is 3.14. The summed E-state index contributed by atoms with van der Waals surface area (Å²) < 4.78 is 0. The number of carboxylic acids is 1. The minimum atomic E-state index is -0.842. The van der Waals surface area contributed by atoms with E-state index >= 15 is 0 Å². The van der Waals surface area contributed by atoms with Gasteiger partial charge >= 0.3 is 12.0 Å². The number of aliphatic carboxylic acids is 1. The van der Waals surface area contributed by atoms with Gasteiger partial charge in [0.15, 0.2) is 0 Å². The van der Waals surface area contributed by atoms with Crippen LogP contribution in [-0.2, 0) is 4.79 Å². The number of rotatable bonds is 7. The summed E-state index contributed by atoms with van der Waals surface area (Å²) >= 11 is 0. The molecule has 5 heteroatoms. The number of hydrogen-bond acceptors (Lipinski definition) is 2. The van der Waals surface area contributed by atoms with Crippen molar-refractivity contribution in [2.75, 3.05) is 6.54 Å². The second-order valence-electron chi connectivity index (χ2n) is 5.13. The number of carboxylic acid groups (broad SMARTS) is 1. The Morgan fingerprint density at radius 2 is 1.89 bits per heavy atom. The Hall–Kier alpha value is -1.26. The molecule has 0 radical (unpaired) electrons. The van der Waals surface area contributed by atoms with Gasteiger partial charge in [0.05, 0.1) is 5.41 Å². The van der Waals surface area contributed by atoms with E-state index in [4.69, 9.17) is 0 Å². The highest BCUT2D eigenvalue weighted by Gasteiger charge is 2.38. The molecule has 3 N–H and O–H groups in total. The van der Waals surface area contributed by atoms with Crippen LogP contribution in [0, 0.1) is 11.3 Å². The molecule has 0 aromatic carbocycles. The quantitative estimate of drug-likeness (QED) is 0.651. The standard InChI is InChI=1S/C13H24N2O3/c1-4-9-7-10(9)15-12(18)14-8-13(5-2,6-3)11(16)17/h9-10H,4-8H2,1-3H3,(H,16,17)(H2,14,15,18). The van der Waals surface area contributed by atoms with Crippen molar-refractivity contribution in [3.63, 3.8) is 0 Å². The summed E-state index contributed by atoms with van der Waals surface area (Å²) in [5, 5.41) is 14.8. The van der Waals surface area contributed by atoms with Crippen LogP contribution in [0.3, 0.4) is 0 Å². The average Bonchev–Trinajstić information content (AvgIpc) is 3.09. The lowest BCUT2D eigenvalue weighted by molar-refractivity contribution is -0.149. The summed E-state index contributed by atoms with van der Waals surface area (Å²) in [4.78, 5) is 22.9. The van der Waals surface area contributed by atoms with Crippen molar-refractivity contribution in [1.29, 1.82) is 0 Å². The highest BCUT2D eigenvalue weighted by atomic mass is 16.4. The van der Waals surface area contributed by atoms with Crippen molar-refractivity contribution in [1.82, 2.24) is 10.6 Å². The average molecular weight is 256 g/mol. The zero-order chi connectivity index (χ0) is 13.8. The SMILES string of the molecule is CCC1CC1NC(=O)NCC(CC)(CC)C(=O)O. The van der Waals surface area contributed by atoms with Gasteiger partial charge in [0.1, 0.15) is 0 Å². The fourth-order valence-corrected chi connectivity index (χ4v) is 2.22. The fourth-order valence-electron chi connectivity index (χ4n) is 2.22. The Bertz CT molecular complexity index is 313. The molecule has 18 heavy (non-hydrogen) atoms. The first-order valence-electron chi connectivity index (χ1n) is 6.76. The van der Waals surface area contributed by atoms with E-state index in [0.717, 1.165) is 12.8 Å². The zero-order valence-corrected chi connectivity index (χ0v) is 11.5. The minimum Gasteiger partial charge on any atom is -0.481 e. The molecule has 1 aliphatic rings. The van der Waals surface area contributed by atoms with Crippen molar-refractivity contribution in [2.45, 2.75) is 52.5 Å². The first-order valence-corrected chi connectivity index (χ1v) is 6.76. The summed E-state index contributed by atoms with van der Waals surface area (Å²) in [6.45, 7) is 5.97. The van der Waals surface area contributed by atoms with Gasteiger partial charge in [-0.25, -0.2) is 4.79 Å². The van der Waals surface area contributed by atoms with Gasteiger partial charge in [-0.3, -0.25) is 4.79 Å². The van der Waals surface area contributed by atoms with E-state index < -0.39 is 11.4 Å². The van der Waals surface area contributed by atoms with Crippen LogP contribution in [0.25, 0.3) is 0 Å². The first kappa shape index (κ1) is 14.8. The molecule has 1 aliphatic carbocycles. The van der Waals surface area contributed by atoms with Crippen LogP contribution in [0.15, 0.2) is 0 Å². The lowest BCUT2D eigenvalue weighted by Crippen LogP contribution is -2.46. The Morgan fingerprint density at radius 3 is 2.28 bits per heavy atom. The summed E-state index contributed by atoms with van der Waals surface area (Å²) in [5.41, 5.74) is -0.842. The highest BCUT2D eigenvalue weighted by Crippen LogP contribution is 2.33. The monoisotopic (exact) mass is 256 g/mol. The van der Waals surface area contributed by atoms with E-state index in [9.17, 15) is 14.7 Å². The maximum Gasteiger partial charge on any atom is 0.315 e. The smallest absolute Gasteiger partial charge is 0.315 e. The van der Waals surface area contributed by atoms with Gasteiger partial charge in [0.25, 0.3) is 0 Å². The highest BCUT2D eigenvalue weighted by molar-refractivity contribution is 5.78. The fraction of sp³-hybridized carbons (Fsp3) is 0.846. The predicted molar refractivity (Wildman–Crippen MR) is 69.4 cm³/mol. The molecule has 2 amide bonds.